The van der Waals surface area contributed by atoms with E-state index in [1.807, 2.05) is 0 Å². The number of hydrogen-bond acceptors (Lipinski definition) is 6. The summed E-state index contributed by atoms with van der Waals surface area (Å²) >= 11 is 0. The van der Waals surface area contributed by atoms with Gasteiger partial charge < -0.3 is 9.16 Å². The predicted octanol–water partition coefficient (Wildman–Crippen LogP) is 5.25. The second kappa shape index (κ2) is 10.5. The Morgan fingerprint density at radius 3 is 1.86 bits per heavy atom. The molecule has 1 aliphatic rings. The van der Waals surface area contributed by atoms with E-state index >= 15 is 0 Å². The Kier molecular flexibility index (Phi) is 9.31. The zero-order valence-electron chi connectivity index (χ0n) is 19.2. The highest BCUT2D eigenvalue weighted by Crippen LogP contribution is 2.44. The van der Waals surface area contributed by atoms with Gasteiger partial charge >= 0.3 is 5.97 Å². The van der Waals surface area contributed by atoms with E-state index in [1.165, 1.54) is 0 Å². The zero-order valence-corrected chi connectivity index (χ0v) is 20.2. The van der Waals surface area contributed by atoms with Gasteiger partial charge in [-0.05, 0) is 36.4 Å². The van der Waals surface area contributed by atoms with Gasteiger partial charge in [-0.3, -0.25) is 19.7 Å². The predicted molar refractivity (Wildman–Crippen MR) is 115 cm³/mol. The Hall–Kier alpha value is -1.44. The van der Waals surface area contributed by atoms with Crippen LogP contribution in [0.25, 0.3) is 0 Å². The van der Waals surface area contributed by atoms with E-state index in [0.717, 1.165) is 6.42 Å². The molecule has 0 aromatic rings. The molecule has 1 atom stereocenters. The Morgan fingerprint density at radius 1 is 1.00 bits per heavy atom. The van der Waals surface area contributed by atoms with Crippen LogP contribution in [0.4, 0.5) is 0 Å². The van der Waals surface area contributed by atoms with Crippen molar-refractivity contribution in [1.29, 1.82) is 0 Å². The maximum absolute atomic E-state index is 13.1. The Morgan fingerprint density at radius 2 is 1.48 bits per heavy atom. The molecule has 0 bridgehead atoms. The van der Waals surface area contributed by atoms with E-state index in [4.69, 9.17) is 9.16 Å². The molecule has 0 heterocycles. The van der Waals surface area contributed by atoms with Crippen molar-refractivity contribution >= 4 is 20.3 Å². The van der Waals surface area contributed by atoms with Crippen LogP contribution in [-0.2, 0) is 18.8 Å². The number of carbonyl (C=O) groups excluding carboxylic acids is 2. The minimum atomic E-state index is -2.48. The Bertz CT molecular complexity index is 562. The van der Waals surface area contributed by atoms with Crippen molar-refractivity contribution < 1.29 is 23.7 Å². The van der Waals surface area contributed by atoms with Crippen molar-refractivity contribution in [3.63, 3.8) is 0 Å². The average Bonchev–Trinajstić information content (AvgIpc) is 2.63. The van der Waals surface area contributed by atoms with Gasteiger partial charge in [0.25, 0.3) is 14.3 Å². The van der Waals surface area contributed by atoms with Crippen LogP contribution < -0.4 is 0 Å². The van der Waals surface area contributed by atoms with Crippen LogP contribution in [0.5, 0.6) is 0 Å². The molecule has 168 valence electrons. The number of hydrogen-bond donors (Lipinski definition) is 0. The topological polar surface area (TPSA) is 95.7 Å². The van der Waals surface area contributed by atoms with Gasteiger partial charge in [0.1, 0.15) is 5.92 Å². The van der Waals surface area contributed by atoms with Gasteiger partial charge in [-0.15, -0.1) is 0 Å². The van der Waals surface area contributed by atoms with Crippen molar-refractivity contribution in [1.82, 2.24) is 0 Å². The molecule has 0 radical (unpaired) electrons. The van der Waals surface area contributed by atoms with E-state index in [9.17, 15) is 19.7 Å². The van der Waals surface area contributed by atoms with Gasteiger partial charge in [0.05, 0.1) is 13.0 Å². The number of rotatable bonds is 10. The van der Waals surface area contributed by atoms with Crippen LogP contribution in [0.2, 0.25) is 16.6 Å². The molecule has 7 nitrogen and oxygen atoms in total. The molecule has 0 aromatic carbocycles. The summed E-state index contributed by atoms with van der Waals surface area (Å²) in [5, 5.41) is 12.1. The van der Waals surface area contributed by atoms with Gasteiger partial charge in [-0.1, -0.05) is 48.0 Å². The SMILES string of the molecule is CCOC(=O)[C@@H](CC(=O)O[Si](C(C)C)(C(C)C)C(C)C)C1([N+](=O)[O-])CCCCC1. The van der Waals surface area contributed by atoms with Crippen LogP contribution in [-0.4, -0.2) is 37.3 Å². The van der Waals surface area contributed by atoms with Crippen molar-refractivity contribution in [2.24, 2.45) is 5.92 Å². The first-order valence-corrected chi connectivity index (χ1v) is 13.1. The molecule has 29 heavy (non-hydrogen) atoms. The largest absolute Gasteiger partial charge is 0.518 e. The summed E-state index contributed by atoms with van der Waals surface area (Å²) in [6.07, 6.45) is 2.54. The van der Waals surface area contributed by atoms with Crippen molar-refractivity contribution in [2.75, 3.05) is 6.61 Å². The molecule has 0 amide bonds. The molecule has 1 rings (SSSR count). The second-order valence-electron chi connectivity index (χ2n) is 9.22. The number of ether oxygens (including phenoxy) is 1. The summed E-state index contributed by atoms with van der Waals surface area (Å²) in [7, 11) is -2.48. The van der Waals surface area contributed by atoms with E-state index < -0.39 is 31.7 Å². The van der Waals surface area contributed by atoms with E-state index in [0.29, 0.717) is 12.8 Å². The highest BCUT2D eigenvalue weighted by atomic mass is 28.4. The normalized spacial score (nSPS) is 18.0. The smallest absolute Gasteiger partial charge is 0.316 e. The Labute approximate surface area is 176 Å². The van der Waals surface area contributed by atoms with Crippen LogP contribution >= 0.6 is 0 Å². The standard InChI is InChI=1S/C21H39NO6Si/c1-8-27-20(24)18(21(22(25)26)12-10-9-11-13-21)14-19(23)28-29(15(2)3,16(4)5)17(6)7/h15-18H,8-14H2,1-7H3/t18-/m1/s1. The summed E-state index contributed by atoms with van der Waals surface area (Å²) in [4.78, 5) is 37.5. The third-order valence-electron chi connectivity index (χ3n) is 6.67. The third-order valence-corrected chi connectivity index (χ3v) is 12.7. The second-order valence-corrected chi connectivity index (χ2v) is 14.6. The number of nitro groups is 1. The molecule has 1 saturated carbocycles. The van der Waals surface area contributed by atoms with Crippen LogP contribution in [0.15, 0.2) is 0 Å². The molecule has 8 heteroatoms. The lowest BCUT2D eigenvalue weighted by Gasteiger charge is -2.42. The van der Waals surface area contributed by atoms with Crippen LogP contribution in [0.1, 0.15) is 87.0 Å². The van der Waals surface area contributed by atoms with Gasteiger partial charge in [-0.2, -0.15) is 0 Å². The molecule has 0 saturated heterocycles. The fourth-order valence-corrected chi connectivity index (χ4v) is 10.5. The van der Waals surface area contributed by atoms with E-state index in [-0.39, 0.29) is 47.4 Å². The summed E-state index contributed by atoms with van der Waals surface area (Å²) in [6, 6.07) is 0. The fourth-order valence-electron chi connectivity index (χ4n) is 5.32. The number of carbonyl (C=O) groups is 2. The Balaban J connectivity index is 3.23. The maximum atomic E-state index is 13.1. The quantitative estimate of drug-likeness (QED) is 0.203. The third kappa shape index (κ3) is 5.38. The highest BCUT2D eigenvalue weighted by molar-refractivity contribution is 6.78. The first-order valence-electron chi connectivity index (χ1n) is 11.0. The zero-order chi connectivity index (χ0) is 22.4. The maximum Gasteiger partial charge on any atom is 0.316 e. The molecule has 0 unspecified atom stereocenters. The number of nitrogens with zero attached hydrogens (tertiary/aromatic N) is 1. The molecule has 0 N–H and O–H groups in total. The van der Waals surface area contributed by atoms with Gasteiger partial charge in [-0.25, -0.2) is 0 Å². The summed E-state index contributed by atoms with van der Waals surface area (Å²) in [6.45, 7) is 14.2. The van der Waals surface area contributed by atoms with Gasteiger partial charge in [0, 0.05) is 17.8 Å². The molecule has 1 aliphatic carbocycles. The van der Waals surface area contributed by atoms with Crippen LogP contribution in [0, 0.1) is 16.0 Å². The molecule has 1 fully saturated rings. The minimum Gasteiger partial charge on any atom is -0.518 e. The molecular weight excluding hydrogens is 390 g/mol. The molecule has 0 aromatic heterocycles. The molecule has 0 aliphatic heterocycles. The fraction of sp³-hybridized carbons (Fsp3) is 0.905. The summed E-state index contributed by atoms with van der Waals surface area (Å²) in [5.41, 5.74) is -0.841. The first-order chi connectivity index (χ1) is 13.5. The lowest BCUT2D eigenvalue weighted by molar-refractivity contribution is -0.583. The summed E-state index contributed by atoms with van der Waals surface area (Å²) in [5.74, 6) is -2.27. The van der Waals surface area contributed by atoms with Crippen molar-refractivity contribution in [3.8, 4) is 0 Å². The summed E-state index contributed by atoms with van der Waals surface area (Å²) < 4.78 is 11.3. The number of esters is 1. The van der Waals surface area contributed by atoms with E-state index in [1.54, 1.807) is 6.92 Å². The lowest BCUT2D eigenvalue weighted by Crippen LogP contribution is -2.53. The van der Waals surface area contributed by atoms with Gasteiger partial charge in [0.15, 0.2) is 0 Å². The van der Waals surface area contributed by atoms with Crippen molar-refractivity contribution in [3.05, 3.63) is 10.1 Å². The van der Waals surface area contributed by atoms with E-state index in [2.05, 4.69) is 41.5 Å². The molecule has 0 spiro atoms. The molecular formula is C21H39NO6Si. The first kappa shape index (κ1) is 25.6. The lowest BCUT2D eigenvalue weighted by atomic mass is 9.72. The van der Waals surface area contributed by atoms with Gasteiger partial charge in [0.2, 0.25) is 5.54 Å². The highest BCUT2D eigenvalue weighted by Gasteiger charge is 2.56. The van der Waals surface area contributed by atoms with Crippen LogP contribution in [0.3, 0.4) is 0 Å². The van der Waals surface area contributed by atoms with Crippen molar-refractivity contribution in [2.45, 2.75) is 109 Å². The monoisotopic (exact) mass is 429 g/mol. The minimum absolute atomic E-state index is 0.126. The average molecular weight is 430 g/mol.